The van der Waals surface area contributed by atoms with Crippen LogP contribution in [0.15, 0.2) is 86.8 Å². The third-order valence-electron chi connectivity index (χ3n) is 9.51. The number of ketones is 1. The van der Waals surface area contributed by atoms with Crippen LogP contribution in [-0.2, 0) is 16.0 Å². The number of amides is 1. The van der Waals surface area contributed by atoms with E-state index in [9.17, 15) is 14.4 Å². The molecule has 1 saturated heterocycles. The third kappa shape index (κ3) is 6.56. The Morgan fingerprint density at radius 1 is 1.07 bits per heavy atom. The molecule has 2 fully saturated rings. The highest BCUT2D eigenvalue weighted by molar-refractivity contribution is 6.16. The number of nitrogens with zero attached hydrogens (tertiary/aromatic N) is 3. The van der Waals surface area contributed by atoms with Crippen molar-refractivity contribution >= 4 is 17.4 Å². The molecule has 1 aliphatic carbocycles. The Labute approximate surface area is 264 Å². The SMILES string of the molecule is C=C[C@@H]1CCC[C@H](C)N1C(=O)CC1=C(C2CC2)N=C(CCCC)C(Cc2ccc(-c3ccccc3-c3noc(=O)[nH]3)cc2)C1=O. The zero-order valence-electron chi connectivity index (χ0n) is 26.3. The monoisotopic (exact) mass is 606 g/mol. The van der Waals surface area contributed by atoms with E-state index in [4.69, 9.17) is 9.52 Å². The van der Waals surface area contributed by atoms with Gasteiger partial charge in [0.2, 0.25) is 5.91 Å². The smallest absolute Gasteiger partial charge is 0.333 e. The first-order chi connectivity index (χ1) is 21.9. The van der Waals surface area contributed by atoms with Gasteiger partial charge < -0.3 is 4.90 Å². The molecule has 1 unspecified atom stereocenters. The van der Waals surface area contributed by atoms with Gasteiger partial charge >= 0.3 is 5.76 Å². The molecular formula is C37H42N4O4. The molecule has 6 rings (SSSR count). The van der Waals surface area contributed by atoms with Crippen molar-refractivity contribution in [3.8, 4) is 22.5 Å². The Morgan fingerprint density at radius 2 is 1.82 bits per heavy atom. The number of aromatic amines is 1. The number of Topliss-reactive ketones (excluding diaryl/α,β-unsaturated/α-hetero) is 1. The molecule has 3 aromatic rings. The minimum atomic E-state index is -0.598. The summed E-state index contributed by atoms with van der Waals surface area (Å²) in [5.41, 5.74) is 6.12. The van der Waals surface area contributed by atoms with Gasteiger partial charge in [-0.25, -0.2) is 4.79 Å². The normalized spacial score (nSPS) is 22.0. The Balaban J connectivity index is 1.27. The van der Waals surface area contributed by atoms with Gasteiger partial charge in [-0.05, 0) is 75.0 Å². The predicted molar refractivity (Wildman–Crippen MR) is 176 cm³/mol. The predicted octanol–water partition coefficient (Wildman–Crippen LogP) is 7.08. The molecule has 1 amide bonds. The number of benzene rings is 2. The van der Waals surface area contributed by atoms with E-state index in [0.717, 1.165) is 85.0 Å². The maximum absolute atomic E-state index is 14.4. The van der Waals surface area contributed by atoms with E-state index in [1.807, 2.05) is 47.4 Å². The molecule has 1 N–H and O–H groups in total. The van der Waals surface area contributed by atoms with Crippen molar-refractivity contribution < 1.29 is 14.1 Å². The number of piperidine rings is 1. The second-order valence-corrected chi connectivity index (χ2v) is 12.7. The van der Waals surface area contributed by atoms with Gasteiger partial charge in [0.15, 0.2) is 11.6 Å². The molecule has 0 radical (unpaired) electrons. The van der Waals surface area contributed by atoms with Crippen LogP contribution in [-0.4, -0.2) is 44.5 Å². The molecule has 8 heteroatoms. The fourth-order valence-corrected chi connectivity index (χ4v) is 6.93. The van der Waals surface area contributed by atoms with E-state index >= 15 is 0 Å². The Hall–Kier alpha value is -4.33. The van der Waals surface area contributed by atoms with Gasteiger partial charge in [0.25, 0.3) is 0 Å². The number of hydrogen-bond donors (Lipinski definition) is 1. The lowest BCUT2D eigenvalue weighted by molar-refractivity contribution is -0.136. The van der Waals surface area contributed by atoms with E-state index in [1.165, 1.54) is 0 Å². The van der Waals surface area contributed by atoms with Crippen molar-refractivity contribution in [3.63, 3.8) is 0 Å². The molecule has 3 atom stereocenters. The summed E-state index contributed by atoms with van der Waals surface area (Å²) in [6.45, 7) is 8.25. The fourth-order valence-electron chi connectivity index (χ4n) is 6.93. The average Bonchev–Trinajstić information content (AvgIpc) is 3.81. The van der Waals surface area contributed by atoms with Crippen LogP contribution in [0.5, 0.6) is 0 Å². The molecule has 1 aromatic heterocycles. The van der Waals surface area contributed by atoms with Crippen LogP contribution in [0.1, 0.15) is 77.2 Å². The minimum Gasteiger partial charge on any atom is -0.333 e. The van der Waals surface area contributed by atoms with E-state index < -0.39 is 5.76 Å². The largest absolute Gasteiger partial charge is 0.439 e. The zero-order chi connectivity index (χ0) is 31.5. The van der Waals surface area contributed by atoms with Gasteiger partial charge in [-0.1, -0.05) is 73.1 Å². The summed E-state index contributed by atoms with van der Waals surface area (Å²) in [4.78, 5) is 49.6. The average molecular weight is 607 g/mol. The van der Waals surface area contributed by atoms with Crippen LogP contribution in [0.3, 0.4) is 0 Å². The van der Waals surface area contributed by atoms with E-state index in [-0.39, 0.29) is 42.0 Å². The number of unbranched alkanes of at least 4 members (excludes halogenated alkanes) is 1. The highest BCUT2D eigenvalue weighted by Crippen LogP contribution is 2.43. The first-order valence-electron chi connectivity index (χ1n) is 16.4. The second kappa shape index (κ2) is 13.3. The van der Waals surface area contributed by atoms with Crippen molar-refractivity contribution in [1.82, 2.24) is 15.0 Å². The van der Waals surface area contributed by atoms with Gasteiger partial charge in [0.05, 0.1) is 18.0 Å². The van der Waals surface area contributed by atoms with Crippen LogP contribution in [0.2, 0.25) is 0 Å². The quantitative estimate of drug-likeness (QED) is 0.235. The summed E-state index contributed by atoms with van der Waals surface area (Å²) in [6, 6.07) is 16.0. The number of aromatic nitrogens is 2. The Morgan fingerprint density at radius 3 is 2.49 bits per heavy atom. The van der Waals surface area contributed by atoms with Crippen molar-refractivity contribution in [2.45, 2.75) is 90.1 Å². The van der Waals surface area contributed by atoms with Crippen LogP contribution < -0.4 is 5.76 Å². The first kappa shape index (κ1) is 30.7. The number of rotatable bonds is 11. The molecule has 3 aliphatic rings. The maximum atomic E-state index is 14.4. The third-order valence-corrected chi connectivity index (χ3v) is 9.51. The lowest BCUT2D eigenvalue weighted by Crippen LogP contribution is -2.48. The molecule has 3 heterocycles. The van der Waals surface area contributed by atoms with Crippen molar-refractivity contribution in [2.75, 3.05) is 0 Å². The fraction of sp³-hybridized carbons (Fsp3) is 0.432. The highest BCUT2D eigenvalue weighted by Gasteiger charge is 2.40. The van der Waals surface area contributed by atoms with Crippen molar-refractivity contribution in [2.24, 2.45) is 16.8 Å². The molecule has 0 spiro atoms. The van der Waals surface area contributed by atoms with Crippen molar-refractivity contribution in [1.29, 1.82) is 0 Å². The minimum absolute atomic E-state index is 0.0102. The molecule has 234 valence electrons. The molecule has 2 aromatic carbocycles. The Kier molecular flexibility index (Phi) is 9.10. The lowest BCUT2D eigenvalue weighted by atomic mass is 9.80. The number of likely N-dealkylation sites (tertiary alicyclic amines) is 1. The number of hydrogen-bond acceptors (Lipinski definition) is 6. The van der Waals surface area contributed by atoms with Crippen LogP contribution in [0, 0.1) is 11.8 Å². The number of allylic oxidation sites excluding steroid dienone is 1. The van der Waals surface area contributed by atoms with Gasteiger partial charge in [-0.15, -0.1) is 6.58 Å². The number of carbonyl (C=O) groups is 2. The summed E-state index contributed by atoms with van der Waals surface area (Å²) < 4.78 is 4.73. The summed E-state index contributed by atoms with van der Waals surface area (Å²) in [6.07, 6.45) is 10.3. The second-order valence-electron chi connectivity index (χ2n) is 12.7. The van der Waals surface area contributed by atoms with E-state index in [1.54, 1.807) is 0 Å². The Bertz CT molecular complexity index is 1690. The van der Waals surface area contributed by atoms with Gasteiger partial charge in [-0.3, -0.25) is 24.1 Å². The van der Waals surface area contributed by atoms with Crippen LogP contribution in [0.4, 0.5) is 0 Å². The van der Waals surface area contributed by atoms with E-state index in [0.29, 0.717) is 17.8 Å². The molecular weight excluding hydrogens is 564 g/mol. The molecule has 2 aliphatic heterocycles. The number of carbonyl (C=O) groups excluding carboxylic acids is 2. The summed E-state index contributed by atoms with van der Waals surface area (Å²) >= 11 is 0. The molecule has 8 nitrogen and oxygen atoms in total. The van der Waals surface area contributed by atoms with Crippen LogP contribution >= 0.6 is 0 Å². The van der Waals surface area contributed by atoms with E-state index in [2.05, 4.69) is 42.7 Å². The van der Waals surface area contributed by atoms with Gasteiger partial charge in [-0.2, -0.15) is 0 Å². The topological polar surface area (TPSA) is 109 Å². The number of nitrogens with one attached hydrogen (secondary N) is 1. The first-order valence-corrected chi connectivity index (χ1v) is 16.4. The summed E-state index contributed by atoms with van der Waals surface area (Å²) in [5, 5.41) is 3.87. The van der Waals surface area contributed by atoms with Gasteiger partial charge in [0.1, 0.15) is 0 Å². The summed E-state index contributed by atoms with van der Waals surface area (Å²) in [7, 11) is 0. The number of H-pyrrole nitrogens is 1. The summed E-state index contributed by atoms with van der Waals surface area (Å²) in [5.74, 6) is -0.246. The van der Waals surface area contributed by atoms with Crippen LogP contribution in [0.25, 0.3) is 22.5 Å². The molecule has 45 heavy (non-hydrogen) atoms. The van der Waals surface area contributed by atoms with Crippen molar-refractivity contribution in [3.05, 3.63) is 88.6 Å². The van der Waals surface area contributed by atoms with Gasteiger partial charge in [0, 0.05) is 34.8 Å². The molecule has 0 bridgehead atoms. The molecule has 1 saturated carbocycles. The maximum Gasteiger partial charge on any atom is 0.439 e. The lowest BCUT2D eigenvalue weighted by Gasteiger charge is -2.40. The standard InChI is InChI=1S/C37H42N4O4/c1-4-6-14-32-30(21-24-15-17-25(18-16-24)28-12-7-8-13-29(28)36-39-37(44)45-40-36)35(43)31(34(38-32)26-19-20-26)22-33(42)41-23(3)10-9-11-27(41)5-2/h5,7-8,12-13,15-18,23,26-27,30H,2,4,6,9-11,14,19-22H2,1,3H3,(H,39,40,44)/t23-,27+,30?/m0/s1. The number of aliphatic imine (C=N–C) groups is 1. The highest BCUT2D eigenvalue weighted by atomic mass is 16.5. The zero-order valence-corrected chi connectivity index (χ0v) is 26.3.